The monoisotopic (exact) mass is 188 g/mol. The molecule has 14 heavy (non-hydrogen) atoms. The van der Waals surface area contributed by atoms with Crippen LogP contribution in [0.4, 0.5) is 0 Å². The smallest absolute Gasteiger partial charge is 0.223 e. The Morgan fingerprint density at radius 1 is 1.50 bits per heavy atom. The molecule has 0 saturated carbocycles. The molecule has 0 radical (unpaired) electrons. The second-order valence-electron chi connectivity index (χ2n) is 4.17. The molecule has 1 saturated heterocycles. The van der Waals surface area contributed by atoms with Gasteiger partial charge in [-0.3, -0.25) is 9.78 Å². The molecule has 3 nitrogen and oxygen atoms in total. The molecule has 2 heterocycles. The first kappa shape index (κ1) is 7.97. The minimum absolute atomic E-state index is 0.249. The third-order valence-corrected chi connectivity index (χ3v) is 3.38. The number of aromatic nitrogens is 1. The number of carbonyl (C=O) groups excluding carboxylic acids is 1. The number of pyridine rings is 1. The highest BCUT2D eigenvalue weighted by atomic mass is 16.2. The van der Waals surface area contributed by atoms with E-state index in [0.717, 1.165) is 12.1 Å². The second-order valence-corrected chi connectivity index (χ2v) is 4.17. The summed E-state index contributed by atoms with van der Waals surface area (Å²) in [6.07, 6.45) is 3.53. The highest BCUT2D eigenvalue weighted by Gasteiger charge is 2.44. The summed E-state index contributed by atoms with van der Waals surface area (Å²) in [7, 11) is 1.89. The number of rotatable bonds is 0. The predicted octanol–water partition coefficient (Wildman–Crippen LogP) is 1.16. The minimum Gasteiger partial charge on any atom is -0.337 e. The molecule has 0 bridgehead atoms. The SMILES string of the molecule is CN1C(=O)CC2Cc3cccnc3C21. The Morgan fingerprint density at radius 2 is 2.36 bits per heavy atom. The van der Waals surface area contributed by atoms with Crippen LogP contribution in [0.2, 0.25) is 0 Å². The molecule has 3 rings (SSSR count). The number of amides is 1. The summed E-state index contributed by atoms with van der Waals surface area (Å²) >= 11 is 0. The van der Waals surface area contributed by atoms with Crippen LogP contribution in [0.25, 0.3) is 0 Å². The molecule has 72 valence electrons. The molecule has 1 amide bonds. The summed E-state index contributed by atoms with van der Waals surface area (Å²) in [5.74, 6) is 0.730. The van der Waals surface area contributed by atoms with E-state index in [1.807, 2.05) is 24.2 Å². The van der Waals surface area contributed by atoms with Gasteiger partial charge in [-0.1, -0.05) is 6.07 Å². The van der Waals surface area contributed by atoms with Gasteiger partial charge >= 0.3 is 0 Å². The van der Waals surface area contributed by atoms with Crippen molar-refractivity contribution < 1.29 is 4.79 Å². The normalized spacial score (nSPS) is 29.2. The quantitative estimate of drug-likeness (QED) is 0.612. The van der Waals surface area contributed by atoms with Crippen LogP contribution in [-0.2, 0) is 11.2 Å². The van der Waals surface area contributed by atoms with Gasteiger partial charge in [0.1, 0.15) is 0 Å². The first-order chi connectivity index (χ1) is 6.77. The van der Waals surface area contributed by atoms with Crippen LogP contribution in [0.3, 0.4) is 0 Å². The van der Waals surface area contributed by atoms with E-state index in [1.54, 1.807) is 0 Å². The molecule has 1 aromatic heterocycles. The maximum absolute atomic E-state index is 11.5. The lowest BCUT2D eigenvalue weighted by molar-refractivity contribution is -0.127. The van der Waals surface area contributed by atoms with Gasteiger partial charge in [-0.05, 0) is 24.0 Å². The molecule has 2 aliphatic rings. The van der Waals surface area contributed by atoms with Crippen LogP contribution in [0.5, 0.6) is 0 Å². The van der Waals surface area contributed by atoms with Crippen LogP contribution in [0.15, 0.2) is 18.3 Å². The third-order valence-electron chi connectivity index (χ3n) is 3.38. The van der Waals surface area contributed by atoms with Crippen molar-refractivity contribution in [1.29, 1.82) is 0 Å². The summed E-state index contributed by atoms with van der Waals surface area (Å²) in [6, 6.07) is 4.35. The van der Waals surface area contributed by atoms with Gasteiger partial charge in [0.05, 0.1) is 11.7 Å². The largest absolute Gasteiger partial charge is 0.337 e. The van der Waals surface area contributed by atoms with Crippen molar-refractivity contribution in [3.8, 4) is 0 Å². The first-order valence-corrected chi connectivity index (χ1v) is 4.97. The van der Waals surface area contributed by atoms with Gasteiger partial charge in [0, 0.05) is 19.7 Å². The fraction of sp³-hybridized carbons (Fsp3) is 0.455. The van der Waals surface area contributed by atoms with E-state index in [9.17, 15) is 4.79 Å². The first-order valence-electron chi connectivity index (χ1n) is 4.97. The number of hydrogen-bond donors (Lipinski definition) is 0. The second kappa shape index (κ2) is 2.56. The Hall–Kier alpha value is -1.38. The van der Waals surface area contributed by atoms with E-state index in [-0.39, 0.29) is 11.9 Å². The Bertz CT molecular complexity index is 402. The number of likely N-dealkylation sites (tertiary alicyclic amines) is 1. The van der Waals surface area contributed by atoms with Crippen molar-refractivity contribution in [2.75, 3.05) is 7.05 Å². The van der Waals surface area contributed by atoms with E-state index in [0.29, 0.717) is 12.3 Å². The van der Waals surface area contributed by atoms with Crippen molar-refractivity contribution in [2.24, 2.45) is 5.92 Å². The van der Waals surface area contributed by atoms with Crippen molar-refractivity contribution in [3.63, 3.8) is 0 Å². The van der Waals surface area contributed by atoms with Gasteiger partial charge in [0.2, 0.25) is 5.91 Å². The average molecular weight is 188 g/mol. The molecule has 1 aliphatic carbocycles. The van der Waals surface area contributed by atoms with Crippen LogP contribution >= 0.6 is 0 Å². The minimum atomic E-state index is 0.249. The van der Waals surface area contributed by atoms with Crippen LogP contribution in [0.1, 0.15) is 23.7 Å². The molecule has 0 spiro atoms. The summed E-state index contributed by atoms with van der Waals surface area (Å²) in [5, 5.41) is 0. The van der Waals surface area contributed by atoms with Gasteiger partial charge in [-0.25, -0.2) is 0 Å². The summed E-state index contributed by atoms with van der Waals surface area (Å²) in [4.78, 5) is 17.7. The van der Waals surface area contributed by atoms with Gasteiger partial charge < -0.3 is 4.90 Å². The molecular formula is C11H12N2O. The van der Waals surface area contributed by atoms with E-state index in [2.05, 4.69) is 11.1 Å². The highest BCUT2D eigenvalue weighted by molar-refractivity contribution is 5.80. The lowest BCUT2D eigenvalue weighted by Gasteiger charge is -2.18. The van der Waals surface area contributed by atoms with Gasteiger partial charge in [-0.2, -0.15) is 0 Å². The maximum atomic E-state index is 11.5. The maximum Gasteiger partial charge on any atom is 0.223 e. The average Bonchev–Trinajstić information content (AvgIpc) is 2.65. The summed E-state index contributed by atoms with van der Waals surface area (Å²) in [5.41, 5.74) is 2.44. The van der Waals surface area contributed by atoms with Crippen LogP contribution in [-0.4, -0.2) is 22.8 Å². The molecule has 2 unspecified atom stereocenters. The molecule has 1 fully saturated rings. The zero-order valence-corrected chi connectivity index (χ0v) is 8.10. The third kappa shape index (κ3) is 0.870. The van der Waals surface area contributed by atoms with Crippen LogP contribution in [0, 0.1) is 5.92 Å². The lowest BCUT2D eigenvalue weighted by atomic mass is 10.0. The standard InChI is InChI=1S/C11H12N2O/c1-13-9(14)6-8-5-7-3-2-4-12-10(7)11(8)13/h2-4,8,11H,5-6H2,1H3. The Balaban J connectivity index is 2.09. The Morgan fingerprint density at radius 3 is 3.21 bits per heavy atom. The van der Waals surface area contributed by atoms with E-state index >= 15 is 0 Å². The number of hydrogen-bond acceptors (Lipinski definition) is 2. The number of carbonyl (C=O) groups is 1. The molecule has 1 aliphatic heterocycles. The van der Waals surface area contributed by atoms with Crippen molar-refractivity contribution >= 4 is 5.91 Å². The lowest BCUT2D eigenvalue weighted by Crippen LogP contribution is -2.23. The van der Waals surface area contributed by atoms with E-state index in [4.69, 9.17) is 0 Å². The van der Waals surface area contributed by atoms with Crippen molar-refractivity contribution in [3.05, 3.63) is 29.6 Å². The van der Waals surface area contributed by atoms with E-state index < -0.39 is 0 Å². The zero-order chi connectivity index (χ0) is 9.71. The van der Waals surface area contributed by atoms with Gasteiger partial charge in [0.15, 0.2) is 0 Å². The topological polar surface area (TPSA) is 33.2 Å². The van der Waals surface area contributed by atoms with Crippen molar-refractivity contribution in [2.45, 2.75) is 18.9 Å². The fourth-order valence-corrected chi connectivity index (χ4v) is 2.71. The molecule has 3 heteroatoms. The summed E-state index contributed by atoms with van der Waals surface area (Å²) < 4.78 is 0. The van der Waals surface area contributed by atoms with Gasteiger partial charge in [-0.15, -0.1) is 0 Å². The van der Waals surface area contributed by atoms with Crippen LogP contribution < -0.4 is 0 Å². The molecule has 1 aromatic rings. The predicted molar refractivity (Wildman–Crippen MR) is 51.6 cm³/mol. The molecular weight excluding hydrogens is 176 g/mol. The molecule has 0 N–H and O–H groups in total. The number of fused-ring (bicyclic) bond motifs is 3. The van der Waals surface area contributed by atoms with Crippen molar-refractivity contribution in [1.82, 2.24) is 9.88 Å². The Labute approximate surface area is 82.8 Å². The Kier molecular flexibility index (Phi) is 1.46. The summed E-state index contributed by atoms with van der Waals surface area (Å²) in [6.45, 7) is 0. The number of nitrogens with zero attached hydrogens (tertiary/aromatic N) is 2. The molecule has 2 atom stereocenters. The zero-order valence-electron chi connectivity index (χ0n) is 8.10. The highest BCUT2D eigenvalue weighted by Crippen LogP contribution is 2.44. The van der Waals surface area contributed by atoms with Gasteiger partial charge in [0.25, 0.3) is 0 Å². The van der Waals surface area contributed by atoms with E-state index in [1.165, 1.54) is 5.56 Å². The fourth-order valence-electron chi connectivity index (χ4n) is 2.71. The molecule has 0 aromatic carbocycles.